The van der Waals surface area contributed by atoms with E-state index >= 15 is 0 Å². The van der Waals surface area contributed by atoms with E-state index in [1.54, 1.807) is 12.3 Å². The molecule has 0 amide bonds. The molecule has 0 aliphatic rings. The third kappa shape index (κ3) is 2.85. The zero-order valence-corrected chi connectivity index (χ0v) is 10.0. The van der Waals surface area contributed by atoms with Gasteiger partial charge in [-0.1, -0.05) is 22.9 Å². The molecule has 1 aromatic carbocycles. The monoisotopic (exact) mass is 232 g/mol. The minimum absolute atomic E-state index is 0.0559. The zero-order valence-electron chi connectivity index (χ0n) is 10.0. The summed E-state index contributed by atoms with van der Waals surface area (Å²) >= 11 is 0. The van der Waals surface area contributed by atoms with Crippen LogP contribution in [0.1, 0.15) is 29.9 Å². The first kappa shape index (κ1) is 11.7. The van der Waals surface area contributed by atoms with Gasteiger partial charge in [-0.15, -0.1) is 0 Å². The van der Waals surface area contributed by atoms with Crippen LogP contribution in [0.5, 0.6) is 5.75 Å². The van der Waals surface area contributed by atoms with E-state index in [9.17, 15) is 0 Å². The highest BCUT2D eigenvalue weighted by Gasteiger charge is 2.09. The first-order chi connectivity index (χ1) is 8.16. The highest BCUT2D eigenvalue weighted by molar-refractivity contribution is 5.38. The van der Waals surface area contributed by atoms with Gasteiger partial charge in [0.25, 0.3) is 0 Å². The minimum atomic E-state index is -0.0559. The number of aryl methyl sites for hydroxylation is 1. The van der Waals surface area contributed by atoms with Crippen molar-refractivity contribution in [3.8, 4) is 5.75 Å². The van der Waals surface area contributed by atoms with E-state index in [2.05, 4.69) is 5.16 Å². The first-order valence-corrected chi connectivity index (χ1v) is 5.55. The van der Waals surface area contributed by atoms with Gasteiger partial charge in [-0.05, 0) is 19.9 Å². The Hall–Kier alpha value is -1.81. The average Bonchev–Trinajstić information content (AvgIpc) is 2.80. The van der Waals surface area contributed by atoms with Crippen molar-refractivity contribution >= 4 is 0 Å². The van der Waals surface area contributed by atoms with Crippen LogP contribution in [0.2, 0.25) is 0 Å². The molecule has 4 heteroatoms. The Bertz CT molecular complexity index is 478. The number of benzene rings is 1. The molecule has 2 N–H and O–H groups in total. The minimum Gasteiger partial charge on any atom is -0.485 e. The van der Waals surface area contributed by atoms with Crippen molar-refractivity contribution in [3.63, 3.8) is 0 Å². The largest absolute Gasteiger partial charge is 0.485 e. The molecular weight excluding hydrogens is 216 g/mol. The second-order valence-electron chi connectivity index (χ2n) is 4.10. The quantitative estimate of drug-likeness (QED) is 0.880. The van der Waals surface area contributed by atoms with Crippen molar-refractivity contribution < 1.29 is 9.26 Å². The van der Waals surface area contributed by atoms with Gasteiger partial charge >= 0.3 is 0 Å². The number of hydrogen-bond donors (Lipinski definition) is 1. The Labute approximate surface area is 100 Å². The molecule has 0 saturated heterocycles. The van der Waals surface area contributed by atoms with Crippen LogP contribution >= 0.6 is 0 Å². The Morgan fingerprint density at radius 3 is 2.88 bits per heavy atom. The number of hydrogen-bond acceptors (Lipinski definition) is 4. The van der Waals surface area contributed by atoms with Crippen molar-refractivity contribution in [2.45, 2.75) is 26.5 Å². The predicted molar refractivity (Wildman–Crippen MR) is 64.6 cm³/mol. The summed E-state index contributed by atoms with van der Waals surface area (Å²) in [5, 5.41) is 3.63. The van der Waals surface area contributed by atoms with Gasteiger partial charge in [-0.25, -0.2) is 0 Å². The van der Waals surface area contributed by atoms with Crippen LogP contribution in [-0.2, 0) is 6.61 Å². The van der Waals surface area contributed by atoms with Gasteiger partial charge in [-0.2, -0.15) is 0 Å². The Kier molecular flexibility index (Phi) is 3.44. The lowest BCUT2D eigenvalue weighted by Gasteiger charge is -2.13. The summed E-state index contributed by atoms with van der Waals surface area (Å²) in [6.45, 7) is 4.34. The molecule has 0 fully saturated rings. The summed E-state index contributed by atoms with van der Waals surface area (Å²) in [5.41, 5.74) is 8.09. The van der Waals surface area contributed by atoms with Crippen LogP contribution < -0.4 is 10.5 Å². The number of nitrogens with zero attached hydrogens (tertiary/aromatic N) is 1. The van der Waals surface area contributed by atoms with Gasteiger partial charge in [0, 0.05) is 17.7 Å². The van der Waals surface area contributed by atoms with Crippen LogP contribution in [0.4, 0.5) is 0 Å². The van der Waals surface area contributed by atoms with Gasteiger partial charge in [0.05, 0.1) is 6.20 Å². The molecule has 1 aromatic heterocycles. The van der Waals surface area contributed by atoms with Crippen molar-refractivity contribution in [3.05, 3.63) is 47.3 Å². The number of rotatable bonds is 4. The molecule has 0 unspecified atom stereocenters. The summed E-state index contributed by atoms with van der Waals surface area (Å²) in [6, 6.07) is 7.70. The maximum atomic E-state index is 5.92. The highest BCUT2D eigenvalue weighted by Crippen LogP contribution is 2.25. The molecule has 2 rings (SSSR count). The van der Waals surface area contributed by atoms with E-state index in [-0.39, 0.29) is 6.04 Å². The van der Waals surface area contributed by atoms with Crippen molar-refractivity contribution in [1.82, 2.24) is 5.16 Å². The molecule has 2 aromatic rings. The van der Waals surface area contributed by atoms with Gasteiger partial charge in [0.2, 0.25) is 0 Å². The lowest BCUT2D eigenvalue weighted by Crippen LogP contribution is -2.08. The standard InChI is InChI=1S/C13H16N2O2/c1-9-3-4-13(12(7-9)10(2)14)16-8-11-5-6-15-17-11/h3-7,10H,8,14H2,1-2H3/t10-/m0/s1. The fourth-order valence-electron chi connectivity index (χ4n) is 1.62. The van der Waals surface area contributed by atoms with Gasteiger partial charge in [0.1, 0.15) is 12.4 Å². The Morgan fingerprint density at radius 1 is 1.41 bits per heavy atom. The van der Waals surface area contributed by atoms with Crippen molar-refractivity contribution in [1.29, 1.82) is 0 Å². The lowest BCUT2D eigenvalue weighted by molar-refractivity contribution is 0.246. The third-order valence-corrected chi connectivity index (χ3v) is 2.52. The third-order valence-electron chi connectivity index (χ3n) is 2.52. The zero-order chi connectivity index (χ0) is 12.3. The van der Waals surface area contributed by atoms with E-state index in [1.807, 2.05) is 32.0 Å². The smallest absolute Gasteiger partial charge is 0.174 e. The average molecular weight is 232 g/mol. The number of nitrogens with two attached hydrogens (primary N) is 1. The predicted octanol–water partition coefficient (Wildman–Crippen LogP) is 2.58. The van der Waals surface area contributed by atoms with Crippen LogP contribution in [-0.4, -0.2) is 5.16 Å². The van der Waals surface area contributed by atoms with Crippen LogP contribution in [0.25, 0.3) is 0 Å². The molecule has 0 bridgehead atoms. The highest BCUT2D eigenvalue weighted by atomic mass is 16.5. The molecule has 0 spiro atoms. The fraction of sp³-hybridized carbons (Fsp3) is 0.308. The van der Waals surface area contributed by atoms with E-state index in [4.69, 9.17) is 15.0 Å². The Balaban J connectivity index is 2.14. The first-order valence-electron chi connectivity index (χ1n) is 5.55. The van der Waals surface area contributed by atoms with E-state index in [1.165, 1.54) is 5.56 Å². The SMILES string of the molecule is Cc1ccc(OCc2ccno2)c([C@H](C)N)c1. The van der Waals surface area contributed by atoms with Crippen molar-refractivity contribution in [2.75, 3.05) is 0 Å². The molecule has 1 atom stereocenters. The maximum Gasteiger partial charge on any atom is 0.174 e. The summed E-state index contributed by atoms with van der Waals surface area (Å²) in [4.78, 5) is 0. The molecule has 0 aliphatic heterocycles. The lowest BCUT2D eigenvalue weighted by atomic mass is 10.1. The maximum absolute atomic E-state index is 5.92. The molecule has 4 nitrogen and oxygen atoms in total. The van der Waals surface area contributed by atoms with Crippen molar-refractivity contribution in [2.24, 2.45) is 5.73 Å². The van der Waals surface area contributed by atoms with Crippen LogP contribution in [0.3, 0.4) is 0 Å². The summed E-state index contributed by atoms with van der Waals surface area (Å²) in [6.07, 6.45) is 1.60. The topological polar surface area (TPSA) is 61.3 Å². The van der Waals surface area contributed by atoms with E-state index in [0.717, 1.165) is 11.3 Å². The van der Waals surface area contributed by atoms with E-state index in [0.29, 0.717) is 12.4 Å². The van der Waals surface area contributed by atoms with Gasteiger partial charge < -0.3 is 15.0 Å². The molecule has 0 radical (unpaired) electrons. The number of aromatic nitrogens is 1. The molecule has 17 heavy (non-hydrogen) atoms. The molecule has 90 valence electrons. The molecule has 0 aliphatic carbocycles. The summed E-state index contributed by atoms with van der Waals surface area (Å²) in [7, 11) is 0. The normalized spacial score (nSPS) is 12.4. The van der Waals surface area contributed by atoms with Gasteiger partial charge in [-0.3, -0.25) is 0 Å². The molecular formula is C13H16N2O2. The van der Waals surface area contributed by atoms with E-state index < -0.39 is 0 Å². The second kappa shape index (κ2) is 5.01. The Morgan fingerprint density at radius 2 is 2.24 bits per heavy atom. The second-order valence-corrected chi connectivity index (χ2v) is 4.10. The van der Waals surface area contributed by atoms with Gasteiger partial charge in [0.15, 0.2) is 5.76 Å². The van der Waals surface area contributed by atoms with Crippen LogP contribution in [0.15, 0.2) is 35.0 Å². The summed E-state index contributed by atoms with van der Waals surface area (Å²) in [5.74, 6) is 1.49. The van der Waals surface area contributed by atoms with Crippen LogP contribution in [0, 0.1) is 6.92 Å². The molecule has 0 saturated carbocycles. The molecule has 1 heterocycles. The summed E-state index contributed by atoms with van der Waals surface area (Å²) < 4.78 is 10.7. The fourth-order valence-corrected chi connectivity index (χ4v) is 1.62. The number of ether oxygens (including phenoxy) is 1.